The van der Waals surface area contributed by atoms with E-state index >= 15 is 0 Å². The number of benzene rings is 3. The van der Waals surface area contributed by atoms with Crippen LogP contribution in [0.25, 0.3) is 16.6 Å². The van der Waals surface area contributed by atoms with Crippen molar-refractivity contribution < 1.29 is 19.4 Å². The first-order valence-electron chi connectivity index (χ1n) is 10.7. The minimum Gasteiger partial charge on any atom is -0.508 e. The summed E-state index contributed by atoms with van der Waals surface area (Å²) >= 11 is 0. The molecule has 1 aromatic heterocycles. The monoisotopic (exact) mass is 456 g/mol. The van der Waals surface area contributed by atoms with Gasteiger partial charge < -0.3 is 30.2 Å². The number of nitrogens with two attached hydrogens (primary N) is 1. The number of phenolic OH excluding ortho intramolecular Hbond substituents is 1. The Morgan fingerprint density at radius 2 is 1.71 bits per heavy atom. The number of anilines is 1. The van der Waals surface area contributed by atoms with Gasteiger partial charge in [0.15, 0.2) is 5.78 Å². The number of aromatic amines is 1. The SMILES string of the molecule is COc1cc(OC)cc(N2C(N)=C(c3nc4ccccc4[nH]3)C(=O)C2(C)c2cccc(O)c2)c1. The van der Waals surface area contributed by atoms with Crippen LogP contribution in [0, 0.1) is 0 Å². The Bertz CT molecular complexity index is 1400. The number of carbonyl (C=O) groups is 1. The van der Waals surface area contributed by atoms with E-state index in [2.05, 4.69) is 9.97 Å². The molecule has 172 valence electrons. The van der Waals surface area contributed by atoms with Crippen LogP contribution in [0.1, 0.15) is 18.3 Å². The zero-order valence-corrected chi connectivity index (χ0v) is 19.0. The van der Waals surface area contributed by atoms with Crippen LogP contribution >= 0.6 is 0 Å². The number of nitrogens with zero attached hydrogens (tertiary/aromatic N) is 2. The molecule has 1 aliphatic rings. The number of methoxy groups -OCH3 is 2. The van der Waals surface area contributed by atoms with Crippen molar-refractivity contribution in [1.29, 1.82) is 0 Å². The van der Waals surface area contributed by atoms with Crippen LogP contribution < -0.4 is 20.1 Å². The van der Waals surface area contributed by atoms with E-state index in [1.165, 1.54) is 0 Å². The second-order valence-corrected chi connectivity index (χ2v) is 8.22. The Hall–Kier alpha value is -4.46. The molecule has 0 amide bonds. The molecule has 0 aliphatic carbocycles. The number of hydrogen-bond acceptors (Lipinski definition) is 7. The lowest BCUT2D eigenvalue weighted by atomic mass is 9.85. The van der Waals surface area contributed by atoms with Gasteiger partial charge in [0.05, 0.1) is 30.9 Å². The van der Waals surface area contributed by atoms with E-state index in [0.29, 0.717) is 28.6 Å². The lowest BCUT2D eigenvalue weighted by molar-refractivity contribution is -0.117. The van der Waals surface area contributed by atoms with Gasteiger partial charge in [0.1, 0.15) is 40.0 Å². The lowest BCUT2D eigenvalue weighted by Crippen LogP contribution is -2.45. The van der Waals surface area contributed by atoms with Crippen molar-refractivity contribution >= 4 is 28.1 Å². The molecule has 3 aromatic carbocycles. The zero-order valence-electron chi connectivity index (χ0n) is 19.0. The van der Waals surface area contributed by atoms with Gasteiger partial charge in [-0.1, -0.05) is 24.3 Å². The Morgan fingerprint density at radius 1 is 1.00 bits per heavy atom. The smallest absolute Gasteiger partial charge is 0.200 e. The molecule has 1 atom stereocenters. The first-order valence-corrected chi connectivity index (χ1v) is 10.7. The molecule has 1 aliphatic heterocycles. The van der Waals surface area contributed by atoms with Gasteiger partial charge in [0.25, 0.3) is 0 Å². The Labute approximate surface area is 196 Å². The van der Waals surface area contributed by atoms with Crippen LogP contribution in [0.5, 0.6) is 17.2 Å². The number of hydrogen-bond donors (Lipinski definition) is 3. The predicted octanol–water partition coefficient (Wildman–Crippen LogP) is 3.92. The molecular formula is C26H24N4O4. The predicted molar refractivity (Wildman–Crippen MR) is 130 cm³/mol. The molecule has 0 saturated heterocycles. The Morgan fingerprint density at radius 3 is 2.35 bits per heavy atom. The number of phenols is 1. The molecule has 0 spiro atoms. The van der Waals surface area contributed by atoms with Crippen molar-refractivity contribution in [1.82, 2.24) is 9.97 Å². The van der Waals surface area contributed by atoms with E-state index < -0.39 is 5.54 Å². The minimum absolute atomic E-state index is 0.0467. The number of aromatic nitrogens is 2. The van der Waals surface area contributed by atoms with Gasteiger partial charge in [-0.05, 0) is 36.8 Å². The maximum Gasteiger partial charge on any atom is 0.200 e. The first-order chi connectivity index (χ1) is 16.4. The van der Waals surface area contributed by atoms with Crippen molar-refractivity contribution in [3.8, 4) is 17.2 Å². The van der Waals surface area contributed by atoms with Crippen molar-refractivity contribution in [2.45, 2.75) is 12.5 Å². The highest BCUT2D eigenvalue weighted by Gasteiger charge is 2.52. The van der Waals surface area contributed by atoms with Crippen LogP contribution in [0.4, 0.5) is 5.69 Å². The van der Waals surface area contributed by atoms with Gasteiger partial charge in [0, 0.05) is 18.2 Å². The number of aromatic hydroxyl groups is 1. The summed E-state index contributed by atoms with van der Waals surface area (Å²) in [5, 5.41) is 10.2. The fourth-order valence-corrected chi connectivity index (χ4v) is 4.50. The summed E-state index contributed by atoms with van der Waals surface area (Å²) in [6.07, 6.45) is 0. The summed E-state index contributed by atoms with van der Waals surface area (Å²) < 4.78 is 10.9. The molecule has 0 saturated carbocycles. The van der Waals surface area contributed by atoms with Crippen LogP contribution in [-0.2, 0) is 10.3 Å². The van der Waals surface area contributed by atoms with Gasteiger partial charge in [0.2, 0.25) is 0 Å². The Kier molecular flexibility index (Phi) is 4.93. The van der Waals surface area contributed by atoms with Gasteiger partial charge in [-0.2, -0.15) is 0 Å². The number of ketones is 1. The number of imidazole rings is 1. The average molecular weight is 457 g/mol. The molecule has 34 heavy (non-hydrogen) atoms. The first kappa shape index (κ1) is 21.4. The third-order valence-corrected chi connectivity index (χ3v) is 6.24. The van der Waals surface area contributed by atoms with Gasteiger partial charge >= 0.3 is 0 Å². The van der Waals surface area contributed by atoms with Crippen LogP contribution in [-0.4, -0.2) is 35.1 Å². The molecule has 2 heterocycles. The van der Waals surface area contributed by atoms with Crippen LogP contribution in [0.15, 0.2) is 72.6 Å². The average Bonchev–Trinajstić information content (AvgIpc) is 3.35. The summed E-state index contributed by atoms with van der Waals surface area (Å²) in [4.78, 5) is 23.7. The van der Waals surface area contributed by atoms with Gasteiger partial charge in [-0.15, -0.1) is 0 Å². The molecule has 8 heteroatoms. The highest BCUT2D eigenvalue weighted by atomic mass is 16.5. The normalized spacial score (nSPS) is 18.1. The molecular weight excluding hydrogens is 432 g/mol. The molecule has 1 unspecified atom stereocenters. The van der Waals surface area contributed by atoms with E-state index in [1.807, 2.05) is 24.3 Å². The number of fused-ring (bicyclic) bond motifs is 1. The highest BCUT2D eigenvalue weighted by Crippen LogP contribution is 2.47. The fraction of sp³-hybridized carbons (Fsp3) is 0.154. The number of para-hydroxylation sites is 2. The maximum atomic E-state index is 14.1. The fourth-order valence-electron chi connectivity index (χ4n) is 4.50. The van der Waals surface area contributed by atoms with Crippen molar-refractivity contribution in [3.63, 3.8) is 0 Å². The quantitative estimate of drug-likeness (QED) is 0.417. The van der Waals surface area contributed by atoms with Gasteiger partial charge in [-0.25, -0.2) is 4.98 Å². The third kappa shape index (κ3) is 3.14. The number of rotatable bonds is 5. The largest absolute Gasteiger partial charge is 0.508 e. The molecule has 5 rings (SSSR count). The molecule has 0 fully saturated rings. The summed E-state index contributed by atoms with van der Waals surface area (Å²) in [7, 11) is 3.11. The van der Waals surface area contributed by atoms with Crippen molar-refractivity contribution in [3.05, 3.63) is 83.9 Å². The molecule has 0 radical (unpaired) electrons. The number of Topliss-reactive ketones (excluding diaryl/α,β-unsaturated/α-hetero) is 1. The van der Waals surface area contributed by atoms with E-state index in [1.54, 1.807) is 68.5 Å². The molecule has 8 nitrogen and oxygen atoms in total. The third-order valence-electron chi connectivity index (χ3n) is 6.24. The number of H-pyrrole nitrogens is 1. The summed E-state index contributed by atoms with van der Waals surface area (Å²) in [5.41, 5.74) is 8.41. The lowest BCUT2D eigenvalue weighted by Gasteiger charge is -2.37. The molecule has 0 bridgehead atoms. The van der Waals surface area contributed by atoms with E-state index in [-0.39, 0.29) is 22.9 Å². The van der Waals surface area contributed by atoms with Gasteiger partial charge in [-0.3, -0.25) is 4.79 Å². The number of ether oxygens (including phenoxy) is 2. The zero-order chi connectivity index (χ0) is 24.0. The van der Waals surface area contributed by atoms with Crippen molar-refractivity contribution in [2.24, 2.45) is 5.73 Å². The van der Waals surface area contributed by atoms with Crippen LogP contribution in [0.2, 0.25) is 0 Å². The molecule has 4 aromatic rings. The standard InChI is InChI=1S/C26H24N4O4/c1-26(15-7-6-8-17(31)11-15)23(32)22(25-28-20-9-4-5-10-21(20)29-25)24(27)30(26)16-12-18(33-2)14-19(13-16)34-3/h4-14,31H,27H2,1-3H3,(H,28,29). The topological polar surface area (TPSA) is 114 Å². The second-order valence-electron chi connectivity index (χ2n) is 8.22. The van der Waals surface area contributed by atoms with E-state index in [9.17, 15) is 9.90 Å². The van der Waals surface area contributed by atoms with E-state index in [4.69, 9.17) is 15.2 Å². The number of carbonyl (C=O) groups excluding carboxylic acids is 1. The second kappa shape index (κ2) is 7.84. The summed E-state index contributed by atoms with van der Waals surface area (Å²) in [6, 6.07) is 19.5. The van der Waals surface area contributed by atoms with Crippen molar-refractivity contribution in [2.75, 3.05) is 19.1 Å². The van der Waals surface area contributed by atoms with Crippen LogP contribution in [0.3, 0.4) is 0 Å². The Balaban J connectivity index is 1.77. The summed E-state index contributed by atoms with van der Waals surface area (Å²) in [5.74, 6) is 1.50. The molecule has 4 N–H and O–H groups in total. The van der Waals surface area contributed by atoms with E-state index in [0.717, 1.165) is 11.0 Å². The minimum atomic E-state index is -1.27. The number of nitrogens with one attached hydrogen (secondary N) is 1. The highest BCUT2D eigenvalue weighted by molar-refractivity contribution is 6.30. The summed E-state index contributed by atoms with van der Waals surface area (Å²) in [6.45, 7) is 1.78. The maximum absolute atomic E-state index is 14.1.